The third-order valence-electron chi connectivity index (χ3n) is 4.43. The van der Waals surface area contributed by atoms with Gasteiger partial charge in [0.15, 0.2) is 0 Å². The molecule has 3 aromatic rings. The molecule has 32 heavy (non-hydrogen) atoms. The molecule has 0 aromatic heterocycles. The van der Waals surface area contributed by atoms with Gasteiger partial charge >= 0.3 is 0 Å². The highest BCUT2D eigenvalue weighted by molar-refractivity contribution is 5.75. The fraction of sp³-hybridized carbons (Fsp3) is 0.308. The lowest BCUT2D eigenvalue weighted by molar-refractivity contribution is 0.328. The van der Waals surface area contributed by atoms with E-state index >= 15 is 0 Å². The number of nitrogens with two attached hydrogens (primary N) is 2. The van der Waals surface area contributed by atoms with E-state index in [-0.39, 0.29) is 0 Å². The summed E-state index contributed by atoms with van der Waals surface area (Å²) in [4.78, 5) is 0. The smallest absolute Gasteiger partial charge is 0.120 e. The van der Waals surface area contributed by atoms with Gasteiger partial charge in [-0.25, -0.2) is 0 Å². The van der Waals surface area contributed by atoms with Gasteiger partial charge in [-0.15, -0.1) is 0 Å². The lowest BCUT2D eigenvalue weighted by Gasteiger charge is -2.12. The van der Waals surface area contributed by atoms with Gasteiger partial charge in [0.2, 0.25) is 0 Å². The van der Waals surface area contributed by atoms with E-state index in [1.807, 2.05) is 60.7 Å². The van der Waals surface area contributed by atoms with Crippen LogP contribution in [0.4, 0.5) is 0 Å². The van der Waals surface area contributed by atoms with Crippen LogP contribution in [0.5, 0.6) is 17.2 Å². The van der Waals surface area contributed by atoms with Gasteiger partial charge in [0.05, 0.1) is 14.2 Å². The molecule has 3 aromatic carbocycles. The molecule has 0 unspecified atom stereocenters. The summed E-state index contributed by atoms with van der Waals surface area (Å²) in [7, 11) is 4.33. The van der Waals surface area contributed by atoms with Crippen molar-refractivity contribution < 1.29 is 19.3 Å². The Morgan fingerprint density at radius 3 is 1.34 bits per heavy atom. The summed E-state index contributed by atoms with van der Waals surface area (Å²) in [6, 6.07) is 22.2. The molecule has 0 atom stereocenters. The number of ether oxygens (including phenoxy) is 3. The summed E-state index contributed by atoms with van der Waals surface area (Å²) in [5.41, 5.74) is 15.0. The van der Waals surface area contributed by atoms with Gasteiger partial charge in [-0.3, -0.25) is 0 Å². The van der Waals surface area contributed by atoms with Crippen LogP contribution in [0.2, 0.25) is 0 Å². The Kier molecular flexibility index (Phi) is 13.2. The Labute approximate surface area is 191 Å². The van der Waals surface area contributed by atoms with Gasteiger partial charge in [0.1, 0.15) is 23.9 Å². The van der Waals surface area contributed by atoms with Gasteiger partial charge in [0.25, 0.3) is 0 Å². The van der Waals surface area contributed by atoms with Crippen LogP contribution in [0, 0.1) is 0 Å². The van der Waals surface area contributed by atoms with Crippen LogP contribution < -0.4 is 25.7 Å². The predicted molar refractivity (Wildman–Crippen MR) is 132 cm³/mol. The van der Waals surface area contributed by atoms with Crippen LogP contribution in [0.3, 0.4) is 0 Å². The summed E-state index contributed by atoms with van der Waals surface area (Å²) in [5.74, 6) is 2.47. The minimum Gasteiger partial charge on any atom is -0.497 e. The predicted octanol–water partition coefficient (Wildman–Crippen LogP) is 4.34. The molecule has 0 aliphatic rings. The molecular weight excluding hydrogens is 404 g/mol. The maximum Gasteiger partial charge on any atom is 0.120 e. The summed E-state index contributed by atoms with van der Waals surface area (Å²) in [6.07, 6.45) is 1.10. The van der Waals surface area contributed by atoms with Crippen molar-refractivity contribution in [2.24, 2.45) is 11.5 Å². The molecule has 5 N–H and O–H groups in total. The van der Waals surface area contributed by atoms with E-state index in [4.69, 9.17) is 30.8 Å². The van der Waals surface area contributed by atoms with Crippen LogP contribution >= 0.6 is 0 Å². The number of aliphatic hydroxyl groups is 1. The van der Waals surface area contributed by atoms with Crippen LogP contribution in [0.15, 0.2) is 66.7 Å². The van der Waals surface area contributed by atoms with Crippen molar-refractivity contribution in [1.82, 2.24) is 0 Å². The summed E-state index contributed by atoms with van der Waals surface area (Å²) in [5, 5.41) is 7.00. The van der Waals surface area contributed by atoms with Crippen molar-refractivity contribution in [1.29, 1.82) is 0 Å². The molecule has 3 rings (SSSR count). The first-order valence-corrected chi connectivity index (χ1v) is 10.6. The highest BCUT2D eigenvalue weighted by atomic mass is 16.5. The molecule has 0 amide bonds. The summed E-state index contributed by atoms with van der Waals surface area (Å²) in [6.45, 7) is 3.83. The minimum atomic E-state index is 0.477. The molecule has 174 valence electrons. The molecule has 0 saturated carbocycles. The van der Waals surface area contributed by atoms with Gasteiger partial charge in [0, 0.05) is 13.7 Å². The third-order valence-corrected chi connectivity index (χ3v) is 4.43. The van der Waals surface area contributed by atoms with Crippen LogP contribution in [-0.4, -0.2) is 46.1 Å². The van der Waals surface area contributed by atoms with E-state index in [1.165, 1.54) is 0 Å². The van der Waals surface area contributed by atoms with Crippen molar-refractivity contribution in [3.63, 3.8) is 0 Å². The molecule has 0 fully saturated rings. The SMILES string of the molecule is CCCN.CO.COc1ccc(-c2cc(OCCN)cc(-c3ccc(OC)cc3)c2)cc1. The highest BCUT2D eigenvalue weighted by Crippen LogP contribution is 2.33. The van der Waals surface area contributed by atoms with Gasteiger partial charge < -0.3 is 30.8 Å². The van der Waals surface area contributed by atoms with Crippen LogP contribution in [0.25, 0.3) is 22.3 Å². The highest BCUT2D eigenvalue weighted by Gasteiger charge is 2.07. The fourth-order valence-corrected chi connectivity index (χ4v) is 2.76. The van der Waals surface area contributed by atoms with E-state index in [1.54, 1.807) is 14.2 Å². The van der Waals surface area contributed by atoms with E-state index in [2.05, 4.69) is 13.0 Å². The zero-order chi connectivity index (χ0) is 23.8. The van der Waals surface area contributed by atoms with E-state index in [9.17, 15) is 0 Å². The lowest BCUT2D eigenvalue weighted by atomic mass is 9.98. The number of aliphatic hydroxyl groups excluding tert-OH is 1. The maximum atomic E-state index is 7.00. The Morgan fingerprint density at radius 2 is 1.03 bits per heavy atom. The normalized spacial score (nSPS) is 9.59. The lowest BCUT2D eigenvalue weighted by Crippen LogP contribution is -2.10. The second kappa shape index (κ2) is 15.7. The molecule has 0 aliphatic carbocycles. The summed E-state index contributed by atoms with van der Waals surface area (Å²) >= 11 is 0. The Balaban J connectivity index is 0.000000769. The summed E-state index contributed by atoms with van der Waals surface area (Å²) < 4.78 is 16.3. The second-order valence-corrected chi connectivity index (χ2v) is 6.63. The average molecular weight is 441 g/mol. The second-order valence-electron chi connectivity index (χ2n) is 6.63. The third kappa shape index (κ3) is 8.59. The average Bonchev–Trinajstić information content (AvgIpc) is 2.88. The molecule has 0 heterocycles. The molecule has 0 saturated heterocycles. The van der Waals surface area contributed by atoms with Gasteiger partial charge in [-0.2, -0.15) is 0 Å². The Hall–Kier alpha value is -3.06. The number of benzene rings is 3. The number of hydrogen-bond acceptors (Lipinski definition) is 6. The molecule has 0 radical (unpaired) electrons. The maximum absolute atomic E-state index is 7.00. The fourth-order valence-electron chi connectivity index (χ4n) is 2.76. The van der Waals surface area contributed by atoms with Crippen molar-refractivity contribution in [3.05, 3.63) is 66.7 Å². The molecule has 0 bridgehead atoms. The molecule has 0 spiro atoms. The first-order chi connectivity index (χ1) is 15.6. The minimum absolute atomic E-state index is 0.477. The number of methoxy groups -OCH3 is 2. The number of hydrogen-bond donors (Lipinski definition) is 3. The first kappa shape index (κ1) is 27.0. The van der Waals surface area contributed by atoms with Gasteiger partial charge in [-0.05, 0) is 77.7 Å². The van der Waals surface area contributed by atoms with E-state index in [0.717, 1.165) is 59.6 Å². The zero-order valence-electron chi connectivity index (χ0n) is 19.5. The zero-order valence-corrected chi connectivity index (χ0v) is 19.5. The molecule has 0 aliphatic heterocycles. The molecular formula is C26H36N2O4. The quantitative estimate of drug-likeness (QED) is 0.482. The van der Waals surface area contributed by atoms with E-state index in [0.29, 0.717) is 13.2 Å². The monoisotopic (exact) mass is 440 g/mol. The van der Waals surface area contributed by atoms with Crippen molar-refractivity contribution in [3.8, 4) is 39.5 Å². The Morgan fingerprint density at radius 1 is 0.625 bits per heavy atom. The van der Waals surface area contributed by atoms with Crippen molar-refractivity contribution in [2.75, 3.05) is 41.0 Å². The van der Waals surface area contributed by atoms with Crippen molar-refractivity contribution >= 4 is 0 Å². The topological polar surface area (TPSA) is 100.0 Å². The number of rotatable bonds is 8. The largest absolute Gasteiger partial charge is 0.497 e. The van der Waals surface area contributed by atoms with Gasteiger partial charge in [-0.1, -0.05) is 31.2 Å². The standard InChI is InChI=1S/C22H23NO3.C3H9N.CH4O/c1-24-20-7-3-16(4-8-20)18-13-19(15-22(14-18)26-12-11-23)17-5-9-21(25-2)10-6-17;1-2-3-4;1-2/h3-10,13-15H,11-12,23H2,1-2H3;2-4H2,1H3;2H,1H3. The first-order valence-electron chi connectivity index (χ1n) is 10.6. The van der Waals surface area contributed by atoms with Crippen LogP contribution in [-0.2, 0) is 0 Å². The van der Waals surface area contributed by atoms with E-state index < -0.39 is 0 Å². The molecule has 6 nitrogen and oxygen atoms in total. The van der Waals surface area contributed by atoms with Crippen molar-refractivity contribution in [2.45, 2.75) is 13.3 Å². The Bertz CT molecular complexity index is 814. The van der Waals surface area contributed by atoms with Crippen LogP contribution in [0.1, 0.15) is 13.3 Å². The molecule has 6 heteroatoms.